The molecule has 0 fully saturated rings. The number of rotatable bonds is 12. The van der Waals surface area contributed by atoms with E-state index in [9.17, 15) is 25.4 Å². The van der Waals surface area contributed by atoms with Crippen LogP contribution in [0.25, 0.3) is 32.3 Å². The van der Waals surface area contributed by atoms with Crippen LogP contribution in [0.3, 0.4) is 0 Å². The molecule has 0 saturated heterocycles. The summed E-state index contributed by atoms with van der Waals surface area (Å²) in [6, 6.07) is 95.6. The molecule has 14 aromatic rings. The number of hydrogen-bond donors (Lipinski definition) is 10. The second-order valence-corrected chi connectivity index (χ2v) is 25.9. The smallest absolute Gasteiger partial charge is 0.490 e. The van der Waals surface area contributed by atoms with Gasteiger partial charge in [0.05, 0.1) is 15.1 Å². The summed E-state index contributed by atoms with van der Waals surface area (Å²) in [5.74, 6) is 0.490. The topological polar surface area (TPSA) is 198 Å². The maximum Gasteiger partial charge on any atom is 0.490 e. The molecule has 12 nitrogen and oxygen atoms in total. The number of hydrogen-bond acceptors (Lipinski definition) is 12. The molecule has 0 aliphatic carbocycles. The van der Waals surface area contributed by atoms with Crippen LogP contribution in [-0.4, -0.2) is 49.7 Å². The van der Waals surface area contributed by atoms with Crippen molar-refractivity contribution in [2.24, 2.45) is 0 Å². The lowest BCUT2D eigenvalue weighted by Crippen LogP contribution is -2.31. The third-order valence-electron chi connectivity index (χ3n) is 15.0. The Morgan fingerprint density at radius 3 is 1.15 bits per heavy atom. The summed E-state index contributed by atoms with van der Waals surface area (Å²) in [4.78, 5) is 4.29. The predicted molar refractivity (Wildman–Crippen MR) is 421 cm³/mol. The minimum atomic E-state index is -1.58. The number of phenolic OH excluding ortho intramolecular Hbond substituents is 3. The summed E-state index contributed by atoms with van der Waals surface area (Å²) in [5, 5.41) is 79.4. The Bertz CT molecular complexity index is 5020. The van der Waals surface area contributed by atoms with Crippen LogP contribution in [0.1, 0.15) is 0 Å². The van der Waals surface area contributed by atoms with E-state index in [0.29, 0.717) is 37.4 Å². The Hall–Kier alpha value is -9.46. The number of phenols is 3. The molecule has 0 unspecified atom stereocenters. The normalized spacial score (nSPS) is 10.5. The summed E-state index contributed by atoms with van der Waals surface area (Å²) in [7, 11) is -3.05. The van der Waals surface area contributed by atoms with E-state index in [4.69, 9.17) is 50.6 Å². The molecule has 0 radical (unpaired) electrons. The third-order valence-corrected chi connectivity index (χ3v) is 17.4. The molecule has 0 aliphatic heterocycles. The molecule has 0 atom stereocenters. The number of halogens is 6. The van der Waals surface area contributed by atoms with E-state index in [-0.39, 0.29) is 17.2 Å². The molecule has 0 bridgehead atoms. The molecule has 488 valence electrons. The number of aromatic hydroxyl groups is 3. The van der Waals surface area contributed by atoms with Gasteiger partial charge in [-0.3, -0.25) is 0 Å². The number of nitrogens with two attached hydrogens (primary N) is 1. The van der Waals surface area contributed by atoms with Gasteiger partial charge in [0.1, 0.15) is 17.2 Å². The van der Waals surface area contributed by atoms with Gasteiger partial charge in [0.25, 0.3) is 0 Å². The second kappa shape index (κ2) is 34.2. The number of nitrogen functional groups attached to an aromatic ring is 1. The summed E-state index contributed by atoms with van der Waals surface area (Å²) in [5.41, 5.74) is 16.0. The predicted octanol–water partition coefficient (Wildman–Crippen LogP) is 20.6. The zero-order chi connectivity index (χ0) is 69.2. The number of fused-ring (bicyclic) bond motifs is 3. The molecule has 14 aromatic carbocycles. The number of nitrogens with zero attached hydrogens (tertiary/aromatic N) is 2. The van der Waals surface area contributed by atoms with Crippen molar-refractivity contribution in [3.63, 3.8) is 0 Å². The van der Waals surface area contributed by atoms with Gasteiger partial charge < -0.3 is 61.6 Å². The van der Waals surface area contributed by atoms with Crippen molar-refractivity contribution in [3.05, 3.63) is 332 Å². The van der Waals surface area contributed by atoms with E-state index in [1.807, 2.05) is 200 Å². The molecule has 0 amide bonds. The fourth-order valence-electron chi connectivity index (χ4n) is 10.5. The lowest BCUT2D eigenvalue weighted by molar-refractivity contribution is 0.424. The Morgan fingerprint density at radius 2 is 0.673 bits per heavy atom. The largest absolute Gasteiger partial charge is 0.508 e. The molecule has 20 heteroatoms. The average molecular weight is 1550 g/mol. The van der Waals surface area contributed by atoms with E-state index in [0.717, 1.165) is 96.9 Å². The first-order valence-corrected chi connectivity index (χ1v) is 33.8. The Kier molecular flexibility index (Phi) is 24.9. The summed E-state index contributed by atoms with van der Waals surface area (Å²) in [6.07, 6.45) is 0. The molecule has 11 N–H and O–H groups in total. The fourth-order valence-corrected chi connectivity index (χ4v) is 12.5. The van der Waals surface area contributed by atoms with E-state index in [2.05, 4.69) is 92.5 Å². The molecule has 98 heavy (non-hydrogen) atoms. The molecule has 0 spiro atoms. The first-order valence-electron chi connectivity index (χ1n) is 30.3. The quantitative estimate of drug-likeness (QED) is 0.0411. The van der Waals surface area contributed by atoms with Gasteiger partial charge in [0.2, 0.25) is 0 Å². The van der Waals surface area contributed by atoms with Crippen molar-refractivity contribution < 1.29 is 35.4 Å². The van der Waals surface area contributed by atoms with Crippen molar-refractivity contribution in [1.82, 2.24) is 0 Å². The lowest BCUT2D eigenvalue weighted by Gasteiger charge is -2.26. The summed E-state index contributed by atoms with van der Waals surface area (Å²) in [6.45, 7) is 0. The molecule has 0 aliphatic rings. The highest BCUT2D eigenvalue weighted by Gasteiger charge is 2.19. The fraction of sp³-hybridized carbons (Fsp3) is 0. The van der Waals surface area contributed by atoms with Crippen LogP contribution in [0.15, 0.2) is 317 Å². The zero-order valence-corrected chi connectivity index (χ0v) is 58.9. The van der Waals surface area contributed by atoms with Crippen LogP contribution in [0, 0.1) is 0 Å². The first-order chi connectivity index (χ1) is 47.3. The standard InChI is InChI=1S/C28H22BClN2O3.C22H15BrClNO.C12H10BrN.C10H6BrClO.C6H8BNO2/c30-27-18-24(33)15-19-13-14-23(17-25(19)27)32(21-8-2-1-3-9-21)22-10-6-7-20(16-22)31-28-12-5-4-11-26(28)29(34)35;23-16-5-4-8-18(12-16)25(17-6-2-1-3-7-17)19-10-9-15-11-20(26)14-22(24)21(15)13-19;13-10-5-4-8-12(9-10)14-11-6-2-1-3-7-11;11-7-2-1-6-3-8(13)5-10(12)9(6)4-7;8-6-4-2-1-3-5(6)7(9)10/h1-18,31,33-35H;1-14,26H;1-9,14H;1-5,13H;1-4,9-10H,8H2. The van der Waals surface area contributed by atoms with Gasteiger partial charge in [0.15, 0.2) is 0 Å². The molecular weight excluding hydrogens is 1490 g/mol. The van der Waals surface area contributed by atoms with Gasteiger partial charge >= 0.3 is 14.2 Å². The van der Waals surface area contributed by atoms with Crippen LogP contribution < -0.4 is 37.1 Å². The minimum absolute atomic E-state index is 0.127. The van der Waals surface area contributed by atoms with Gasteiger partial charge in [-0.1, -0.05) is 210 Å². The third kappa shape index (κ3) is 19.2. The Balaban J connectivity index is 0.000000144. The summed E-state index contributed by atoms with van der Waals surface area (Å²) < 4.78 is 3.07. The van der Waals surface area contributed by atoms with Crippen molar-refractivity contribution in [2.45, 2.75) is 0 Å². The molecule has 0 heterocycles. The van der Waals surface area contributed by atoms with Gasteiger partial charge in [-0.15, -0.1) is 0 Å². The highest BCUT2D eigenvalue weighted by molar-refractivity contribution is 9.11. The Morgan fingerprint density at radius 1 is 0.306 bits per heavy atom. The van der Waals surface area contributed by atoms with Crippen molar-refractivity contribution in [2.75, 3.05) is 26.2 Å². The van der Waals surface area contributed by atoms with Crippen molar-refractivity contribution in [3.8, 4) is 17.2 Å². The van der Waals surface area contributed by atoms with Crippen molar-refractivity contribution in [1.29, 1.82) is 0 Å². The SMILES string of the molecule is Brc1cccc(Nc2ccccc2)c1.Nc1ccccc1B(O)O.OB(O)c1ccccc1Nc1cccc(N(c2ccccc2)c2ccc3cc(O)cc(Cl)c3c2)c1.Oc1cc(Cl)c2cc(Br)ccc2c1.Oc1cc(Cl)c2cc(N(c3ccccc3)c3cccc(Br)c3)ccc2c1. The first kappa shape index (κ1) is 71.3. The van der Waals surface area contributed by atoms with Crippen LogP contribution in [0.4, 0.5) is 62.6 Å². The maximum atomic E-state index is 9.92. The van der Waals surface area contributed by atoms with Crippen LogP contribution in [-0.2, 0) is 0 Å². The molecule has 0 aromatic heterocycles. The van der Waals surface area contributed by atoms with E-state index >= 15 is 0 Å². The maximum absolute atomic E-state index is 9.92. The van der Waals surface area contributed by atoms with Gasteiger partial charge in [-0.25, -0.2) is 0 Å². The van der Waals surface area contributed by atoms with E-state index in [1.54, 1.807) is 66.7 Å². The van der Waals surface area contributed by atoms with Crippen LogP contribution in [0.2, 0.25) is 15.1 Å². The lowest BCUT2D eigenvalue weighted by atomic mass is 9.79. The molecule has 14 rings (SSSR count). The van der Waals surface area contributed by atoms with Crippen LogP contribution >= 0.6 is 82.6 Å². The number of nitrogens with one attached hydrogen (secondary N) is 2. The molecule has 0 saturated carbocycles. The Labute approximate surface area is 608 Å². The number of anilines is 11. The number of benzene rings is 14. The second-order valence-electron chi connectivity index (χ2n) is 21.9. The van der Waals surface area contributed by atoms with Gasteiger partial charge in [-0.05, 0) is 192 Å². The van der Waals surface area contributed by atoms with Crippen LogP contribution in [0.5, 0.6) is 17.2 Å². The minimum Gasteiger partial charge on any atom is -0.508 e. The highest BCUT2D eigenvalue weighted by atomic mass is 79.9. The van der Waals surface area contributed by atoms with Gasteiger partial charge in [-0.2, -0.15) is 0 Å². The monoisotopic (exact) mass is 1540 g/mol. The van der Waals surface area contributed by atoms with Crippen molar-refractivity contribution >= 4 is 203 Å². The number of para-hydroxylation sites is 5. The van der Waals surface area contributed by atoms with E-state index in [1.165, 1.54) is 12.1 Å². The summed E-state index contributed by atoms with van der Waals surface area (Å²) >= 11 is 29.1. The van der Waals surface area contributed by atoms with E-state index < -0.39 is 14.2 Å². The van der Waals surface area contributed by atoms with Gasteiger partial charge in [0, 0.05) is 103 Å². The average Bonchev–Trinajstić information content (AvgIpc) is 0.790. The zero-order valence-electron chi connectivity index (χ0n) is 51.9. The highest BCUT2D eigenvalue weighted by Crippen LogP contribution is 2.42. The molecular formula is C78H61B2Br3Cl3N5O7.